The summed E-state index contributed by atoms with van der Waals surface area (Å²) in [4.78, 5) is 23.5. The average molecular weight is 418 g/mol. The molecule has 2 rings (SSSR count). The Kier molecular flexibility index (Phi) is 7.82. The van der Waals surface area contributed by atoms with Crippen LogP contribution in [0.1, 0.15) is 25.3 Å². The van der Waals surface area contributed by atoms with Crippen molar-refractivity contribution in [1.29, 1.82) is 0 Å². The Morgan fingerprint density at radius 2 is 1.77 bits per heavy atom. The molecule has 0 unspecified atom stereocenters. The largest absolute Gasteiger partial charge is 0.494 e. The third-order valence-corrected chi connectivity index (χ3v) is 3.86. The predicted octanol–water partition coefficient (Wildman–Crippen LogP) is 3.72. The van der Waals surface area contributed by atoms with Gasteiger partial charge in [0.25, 0.3) is 0 Å². The van der Waals surface area contributed by atoms with Crippen LogP contribution in [0.25, 0.3) is 0 Å². The zero-order valence-corrected chi connectivity index (χ0v) is 16.0. The van der Waals surface area contributed by atoms with Crippen LogP contribution in [-0.2, 0) is 9.59 Å². The molecule has 2 aromatic carbocycles. The van der Waals surface area contributed by atoms with Gasteiger partial charge in [-0.15, -0.1) is 0 Å². The van der Waals surface area contributed by atoms with Gasteiger partial charge in [0.05, 0.1) is 12.8 Å². The van der Waals surface area contributed by atoms with Crippen molar-refractivity contribution in [3.63, 3.8) is 0 Å². The number of carbonyl (C=O) groups excluding carboxylic acids is 2. The van der Waals surface area contributed by atoms with Gasteiger partial charge in [-0.25, -0.2) is 5.43 Å². The van der Waals surface area contributed by atoms with Gasteiger partial charge in [0.2, 0.25) is 0 Å². The summed E-state index contributed by atoms with van der Waals surface area (Å²) in [5.74, 6) is -0.846. The molecule has 7 heteroatoms. The summed E-state index contributed by atoms with van der Waals surface area (Å²) in [6.07, 6.45) is 3.55. The van der Waals surface area contributed by atoms with Crippen LogP contribution in [0.3, 0.4) is 0 Å². The van der Waals surface area contributed by atoms with E-state index in [0.717, 1.165) is 28.6 Å². The Morgan fingerprint density at radius 1 is 1.08 bits per heavy atom. The number of unbranched alkanes of at least 4 members (excludes halogenated alkanes) is 1. The molecule has 0 radical (unpaired) electrons. The second-order valence-electron chi connectivity index (χ2n) is 5.43. The highest BCUT2D eigenvalue weighted by Gasteiger charge is 2.12. The monoisotopic (exact) mass is 417 g/mol. The minimum Gasteiger partial charge on any atom is -0.494 e. The van der Waals surface area contributed by atoms with Gasteiger partial charge < -0.3 is 10.1 Å². The molecule has 0 fully saturated rings. The lowest BCUT2D eigenvalue weighted by molar-refractivity contribution is -0.136. The summed E-state index contributed by atoms with van der Waals surface area (Å²) >= 11 is 3.30. The Hall–Kier alpha value is -2.67. The number of carbonyl (C=O) groups is 2. The summed E-state index contributed by atoms with van der Waals surface area (Å²) in [7, 11) is 0. The normalized spacial score (nSPS) is 10.5. The van der Waals surface area contributed by atoms with Crippen molar-refractivity contribution in [2.45, 2.75) is 19.8 Å². The van der Waals surface area contributed by atoms with Gasteiger partial charge in [0, 0.05) is 10.2 Å². The third kappa shape index (κ3) is 6.68. The highest BCUT2D eigenvalue weighted by molar-refractivity contribution is 9.10. The number of amides is 2. The van der Waals surface area contributed by atoms with Crippen molar-refractivity contribution < 1.29 is 14.3 Å². The molecule has 136 valence electrons. The van der Waals surface area contributed by atoms with E-state index >= 15 is 0 Å². The Labute approximate surface area is 160 Å². The van der Waals surface area contributed by atoms with Crippen LogP contribution in [0.5, 0.6) is 5.75 Å². The van der Waals surface area contributed by atoms with Gasteiger partial charge in [-0.1, -0.05) is 29.3 Å². The second kappa shape index (κ2) is 10.4. The maximum Gasteiger partial charge on any atom is 0.329 e. The molecule has 0 bridgehead atoms. The van der Waals surface area contributed by atoms with Gasteiger partial charge in [-0.05, 0) is 60.5 Å². The first-order valence-electron chi connectivity index (χ1n) is 8.21. The minimum atomic E-state index is -0.844. The summed E-state index contributed by atoms with van der Waals surface area (Å²) in [5, 5.41) is 6.28. The number of hydrogen-bond donors (Lipinski definition) is 2. The second-order valence-corrected chi connectivity index (χ2v) is 6.35. The topological polar surface area (TPSA) is 79.8 Å². The number of nitrogens with zero attached hydrogens (tertiary/aromatic N) is 1. The molecule has 0 aliphatic carbocycles. The van der Waals surface area contributed by atoms with Crippen LogP contribution >= 0.6 is 15.9 Å². The molecule has 2 aromatic rings. The molecule has 0 atom stereocenters. The van der Waals surface area contributed by atoms with E-state index in [1.807, 2.05) is 24.3 Å². The molecular formula is C19H20BrN3O3. The fraction of sp³-hybridized carbons (Fsp3) is 0.211. The smallest absolute Gasteiger partial charge is 0.329 e. The van der Waals surface area contributed by atoms with E-state index in [2.05, 4.69) is 38.7 Å². The van der Waals surface area contributed by atoms with E-state index in [4.69, 9.17) is 4.74 Å². The highest BCUT2D eigenvalue weighted by atomic mass is 79.9. The molecule has 0 aromatic heterocycles. The van der Waals surface area contributed by atoms with Crippen LogP contribution in [0, 0.1) is 0 Å². The van der Waals surface area contributed by atoms with E-state index in [1.165, 1.54) is 6.21 Å². The van der Waals surface area contributed by atoms with Crippen molar-refractivity contribution in [3.05, 3.63) is 58.6 Å². The summed E-state index contributed by atoms with van der Waals surface area (Å²) in [6.45, 7) is 2.80. The number of hydrogen-bond acceptors (Lipinski definition) is 4. The van der Waals surface area contributed by atoms with Crippen molar-refractivity contribution in [1.82, 2.24) is 5.43 Å². The fourth-order valence-electron chi connectivity index (χ4n) is 1.92. The number of nitrogens with one attached hydrogen (secondary N) is 2. The fourth-order valence-corrected chi connectivity index (χ4v) is 2.19. The minimum absolute atomic E-state index is 0.524. The molecule has 0 saturated heterocycles. The number of hydrazone groups is 1. The molecule has 2 N–H and O–H groups in total. The molecule has 0 aliphatic rings. The first-order chi connectivity index (χ1) is 12.6. The lowest BCUT2D eigenvalue weighted by atomic mass is 10.2. The molecule has 6 nitrogen and oxygen atoms in total. The molecule has 26 heavy (non-hydrogen) atoms. The molecule has 0 spiro atoms. The third-order valence-electron chi connectivity index (χ3n) is 3.33. The zero-order valence-electron chi connectivity index (χ0n) is 14.4. The van der Waals surface area contributed by atoms with Gasteiger partial charge >= 0.3 is 11.8 Å². The van der Waals surface area contributed by atoms with Crippen LogP contribution in [0.4, 0.5) is 5.69 Å². The SMILES string of the molecule is CCCCOc1ccc(C=NNC(=O)C(=O)Nc2ccc(Br)cc2)cc1. The molecule has 0 aliphatic heterocycles. The average Bonchev–Trinajstić information content (AvgIpc) is 2.65. The standard InChI is InChI=1S/C19H20BrN3O3/c1-2-3-12-26-17-10-4-14(5-11-17)13-21-23-19(25)18(24)22-16-8-6-15(20)7-9-16/h4-11,13H,2-3,12H2,1H3,(H,22,24)(H,23,25). The van der Waals surface area contributed by atoms with Gasteiger partial charge in [-0.2, -0.15) is 5.10 Å². The summed E-state index contributed by atoms with van der Waals surface area (Å²) < 4.78 is 6.45. The molecule has 0 saturated carbocycles. The summed E-state index contributed by atoms with van der Waals surface area (Å²) in [5.41, 5.74) is 3.50. The molecule has 2 amide bonds. The maximum atomic E-state index is 11.8. The van der Waals surface area contributed by atoms with Gasteiger partial charge in [-0.3, -0.25) is 9.59 Å². The van der Waals surface area contributed by atoms with Crippen LogP contribution in [0.2, 0.25) is 0 Å². The molecular weight excluding hydrogens is 398 g/mol. The van der Waals surface area contributed by atoms with Crippen molar-refractivity contribution in [3.8, 4) is 5.75 Å². The van der Waals surface area contributed by atoms with Crippen LogP contribution < -0.4 is 15.5 Å². The highest BCUT2D eigenvalue weighted by Crippen LogP contribution is 2.14. The Bertz CT molecular complexity index is 759. The number of rotatable bonds is 7. The number of anilines is 1. The Morgan fingerprint density at radius 3 is 2.42 bits per heavy atom. The lowest BCUT2D eigenvalue weighted by Crippen LogP contribution is -2.32. The Balaban J connectivity index is 1.80. The van der Waals surface area contributed by atoms with E-state index in [0.29, 0.717) is 12.3 Å². The first kappa shape index (κ1) is 19.7. The zero-order chi connectivity index (χ0) is 18.8. The van der Waals surface area contributed by atoms with Crippen LogP contribution in [0.15, 0.2) is 58.1 Å². The van der Waals surface area contributed by atoms with E-state index in [-0.39, 0.29) is 0 Å². The van der Waals surface area contributed by atoms with Crippen molar-refractivity contribution >= 4 is 39.6 Å². The first-order valence-corrected chi connectivity index (χ1v) is 9.00. The van der Waals surface area contributed by atoms with Crippen molar-refractivity contribution in [2.24, 2.45) is 5.10 Å². The van der Waals surface area contributed by atoms with E-state index in [9.17, 15) is 9.59 Å². The summed E-state index contributed by atoms with van der Waals surface area (Å²) in [6, 6.07) is 14.2. The lowest BCUT2D eigenvalue weighted by Gasteiger charge is -2.05. The quantitative estimate of drug-likeness (QED) is 0.311. The van der Waals surface area contributed by atoms with Crippen molar-refractivity contribution in [2.75, 3.05) is 11.9 Å². The predicted molar refractivity (Wildman–Crippen MR) is 105 cm³/mol. The number of ether oxygens (including phenoxy) is 1. The maximum absolute atomic E-state index is 11.8. The van der Waals surface area contributed by atoms with Gasteiger partial charge in [0.15, 0.2) is 0 Å². The van der Waals surface area contributed by atoms with E-state index in [1.54, 1.807) is 24.3 Å². The van der Waals surface area contributed by atoms with E-state index < -0.39 is 11.8 Å². The molecule has 0 heterocycles. The van der Waals surface area contributed by atoms with Crippen LogP contribution in [-0.4, -0.2) is 24.6 Å². The number of benzene rings is 2. The number of halogens is 1. The van der Waals surface area contributed by atoms with Gasteiger partial charge in [0.1, 0.15) is 5.75 Å².